The lowest BCUT2D eigenvalue weighted by Gasteiger charge is -2.18. The molecule has 9 nitrogen and oxygen atoms in total. The van der Waals surface area contributed by atoms with Gasteiger partial charge in [0.15, 0.2) is 0 Å². The fourth-order valence-corrected chi connectivity index (χ4v) is 3.15. The van der Waals surface area contributed by atoms with Crippen LogP contribution in [0.1, 0.15) is 52.1 Å². The summed E-state index contributed by atoms with van der Waals surface area (Å²) in [5.41, 5.74) is 5.85. The largest absolute Gasteiger partial charge is 0.508 e. The lowest BCUT2D eigenvalue weighted by molar-refractivity contribution is -0.140. The van der Waals surface area contributed by atoms with E-state index < -0.39 is 36.2 Å². The molecule has 0 aromatic heterocycles. The smallest absolute Gasteiger partial charge is 0.326 e. The van der Waals surface area contributed by atoms with Gasteiger partial charge in [-0.2, -0.15) is 0 Å². The average Bonchev–Trinajstić information content (AvgIpc) is 2.70. The minimum atomic E-state index is -1.50. The van der Waals surface area contributed by atoms with Gasteiger partial charge < -0.3 is 26.6 Å². The van der Waals surface area contributed by atoms with Crippen molar-refractivity contribution in [1.82, 2.24) is 10.6 Å². The van der Waals surface area contributed by atoms with Crippen molar-refractivity contribution in [3.8, 4) is 5.75 Å². The van der Waals surface area contributed by atoms with Crippen LogP contribution in [0.5, 0.6) is 5.75 Å². The van der Waals surface area contributed by atoms with Crippen molar-refractivity contribution < 1.29 is 29.4 Å². The Kier molecular flexibility index (Phi) is 7.98. The van der Waals surface area contributed by atoms with E-state index in [0.29, 0.717) is 6.42 Å². The molecule has 0 aliphatic heterocycles. The Balaban J connectivity index is 2.15. The molecule has 0 fully saturated rings. The number of nitrogens with one attached hydrogen (secondary N) is 2. The molecule has 0 aliphatic rings. The minimum absolute atomic E-state index is 0.0611. The van der Waals surface area contributed by atoms with Crippen LogP contribution >= 0.6 is 11.6 Å². The van der Waals surface area contributed by atoms with Gasteiger partial charge in [-0.05, 0) is 42.3 Å². The van der Waals surface area contributed by atoms with Crippen molar-refractivity contribution in [2.75, 3.05) is 0 Å². The van der Waals surface area contributed by atoms with Gasteiger partial charge in [0.2, 0.25) is 5.91 Å². The summed E-state index contributed by atoms with van der Waals surface area (Å²) in [6, 6.07) is 8.61. The molecule has 0 saturated carbocycles. The third kappa shape index (κ3) is 6.45. The van der Waals surface area contributed by atoms with Gasteiger partial charge in [-0.1, -0.05) is 30.7 Å². The third-order valence-corrected chi connectivity index (χ3v) is 4.78. The number of rotatable bonds is 9. The Morgan fingerprint density at radius 1 is 1.06 bits per heavy atom. The maximum absolute atomic E-state index is 12.6. The zero-order valence-corrected chi connectivity index (χ0v) is 17.3. The molecule has 31 heavy (non-hydrogen) atoms. The van der Waals surface area contributed by atoms with E-state index in [4.69, 9.17) is 22.4 Å². The second-order valence-electron chi connectivity index (χ2n) is 6.76. The minimum Gasteiger partial charge on any atom is -0.508 e. The molecule has 0 saturated heterocycles. The van der Waals surface area contributed by atoms with Gasteiger partial charge in [-0.15, -0.1) is 0 Å². The van der Waals surface area contributed by atoms with Crippen molar-refractivity contribution in [3.63, 3.8) is 0 Å². The summed E-state index contributed by atoms with van der Waals surface area (Å²) in [4.78, 5) is 47.1. The van der Waals surface area contributed by atoms with Crippen LogP contribution in [0, 0.1) is 0 Å². The van der Waals surface area contributed by atoms with Gasteiger partial charge in [-0.25, -0.2) is 4.79 Å². The van der Waals surface area contributed by atoms with Crippen molar-refractivity contribution in [1.29, 1.82) is 0 Å². The van der Waals surface area contributed by atoms with Crippen LogP contribution in [0.3, 0.4) is 0 Å². The highest BCUT2D eigenvalue weighted by molar-refractivity contribution is 6.34. The van der Waals surface area contributed by atoms with Crippen LogP contribution in [-0.4, -0.2) is 39.9 Å². The standard InChI is InChI=1S/C21H22ClN3O6/c1-2-16(11-4-3-5-13(26)8-11)24-19(28)12-6-7-14(15(22)9-12)20(29)25-17(21(30)31)10-18(23)27/h3-9,16-17,26H,2,10H2,1H3,(H2,23,27)(H,24,28)(H,25,29)(H,30,31)/t16?,17-/m0/s1. The predicted octanol–water partition coefficient (Wildman–Crippen LogP) is 1.99. The van der Waals surface area contributed by atoms with E-state index in [1.807, 2.05) is 6.92 Å². The topological polar surface area (TPSA) is 159 Å². The van der Waals surface area contributed by atoms with Crippen LogP contribution < -0.4 is 16.4 Å². The van der Waals surface area contributed by atoms with Crippen LogP contribution in [0.15, 0.2) is 42.5 Å². The zero-order valence-electron chi connectivity index (χ0n) is 16.6. The number of aliphatic carboxylic acids is 1. The molecule has 0 spiro atoms. The van der Waals surface area contributed by atoms with E-state index in [1.165, 1.54) is 24.3 Å². The van der Waals surface area contributed by atoms with Crippen LogP contribution in [0.2, 0.25) is 5.02 Å². The predicted molar refractivity (Wildman–Crippen MR) is 113 cm³/mol. The molecule has 10 heteroatoms. The van der Waals surface area contributed by atoms with E-state index in [0.717, 1.165) is 5.56 Å². The number of primary amides is 1. The summed E-state index contributed by atoms with van der Waals surface area (Å²) < 4.78 is 0. The first-order chi connectivity index (χ1) is 14.6. The van der Waals surface area contributed by atoms with Crippen LogP contribution in [0.25, 0.3) is 0 Å². The molecule has 0 aliphatic carbocycles. The van der Waals surface area contributed by atoms with Crippen LogP contribution in [-0.2, 0) is 9.59 Å². The number of phenols is 1. The lowest BCUT2D eigenvalue weighted by Crippen LogP contribution is -2.43. The van der Waals surface area contributed by atoms with Gasteiger partial charge in [-0.3, -0.25) is 14.4 Å². The van der Waals surface area contributed by atoms with Gasteiger partial charge in [0.1, 0.15) is 11.8 Å². The number of phenolic OH excluding ortho intramolecular Hbond substituents is 1. The second kappa shape index (κ2) is 10.4. The van der Waals surface area contributed by atoms with Crippen molar-refractivity contribution in [3.05, 3.63) is 64.2 Å². The molecular weight excluding hydrogens is 426 g/mol. The number of nitrogens with two attached hydrogens (primary N) is 1. The molecule has 164 valence electrons. The highest BCUT2D eigenvalue weighted by Crippen LogP contribution is 2.23. The highest BCUT2D eigenvalue weighted by atomic mass is 35.5. The van der Waals surface area contributed by atoms with Gasteiger partial charge in [0, 0.05) is 5.56 Å². The Hall–Kier alpha value is -3.59. The summed E-state index contributed by atoms with van der Waals surface area (Å²) in [5, 5.41) is 23.7. The number of hydrogen-bond acceptors (Lipinski definition) is 5. The van der Waals surface area contributed by atoms with Gasteiger partial charge in [0.05, 0.1) is 23.0 Å². The van der Waals surface area contributed by atoms with Gasteiger partial charge >= 0.3 is 5.97 Å². The molecule has 2 aromatic rings. The summed E-state index contributed by atoms with van der Waals surface area (Å²) in [6.07, 6.45) is -0.00746. The monoisotopic (exact) mass is 447 g/mol. The molecule has 2 atom stereocenters. The number of carbonyl (C=O) groups is 4. The number of benzene rings is 2. The Morgan fingerprint density at radius 2 is 1.77 bits per heavy atom. The first kappa shape index (κ1) is 23.7. The Bertz CT molecular complexity index is 1010. The van der Waals surface area contributed by atoms with E-state index in [1.54, 1.807) is 18.2 Å². The SMILES string of the molecule is CCC(NC(=O)c1ccc(C(=O)N[C@@H](CC(N)=O)C(=O)O)c(Cl)c1)c1cccc(O)c1. The summed E-state index contributed by atoms with van der Waals surface area (Å²) in [6.45, 7) is 1.88. The van der Waals surface area contributed by atoms with E-state index in [-0.39, 0.29) is 27.9 Å². The number of carbonyl (C=O) groups excluding carboxylic acids is 3. The number of amides is 3. The molecule has 0 radical (unpaired) electrons. The van der Waals surface area contributed by atoms with Crippen molar-refractivity contribution in [2.24, 2.45) is 5.73 Å². The zero-order chi connectivity index (χ0) is 23.1. The number of aromatic hydroxyl groups is 1. The lowest BCUT2D eigenvalue weighted by atomic mass is 10.0. The quantitative estimate of drug-likeness (QED) is 0.395. The summed E-state index contributed by atoms with van der Waals surface area (Å²) >= 11 is 6.13. The fraction of sp³-hybridized carbons (Fsp3) is 0.238. The van der Waals surface area contributed by atoms with E-state index >= 15 is 0 Å². The van der Waals surface area contributed by atoms with E-state index in [2.05, 4.69) is 10.6 Å². The maximum atomic E-state index is 12.6. The van der Waals surface area contributed by atoms with Crippen molar-refractivity contribution in [2.45, 2.75) is 31.8 Å². The van der Waals surface area contributed by atoms with Gasteiger partial charge in [0.25, 0.3) is 11.8 Å². The third-order valence-electron chi connectivity index (χ3n) is 4.47. The summed E-state index contributed by atoms with van der Waals surface area (Å²) in [7, 11) is 0. The first-order valence-corrected chi connectivity index (χ1v) is 9.71. The summed E-state index contributed by atoms with van der Waals surface area (Å²) in [5.74, 6) is -3.49. The molecular formula is C21H22ClN3O6. The number of hydrogen-bond donors (Lipinski definition) is 5. The Labute approximate surface area is 183 Å². The molecule has 6 N–H and O–H groups in total. The van der Waals surface area contributed by atoms with Crippen LogP contribution in [0.4, 0.5) is 0 Å². The normalized spacial score (nSPS) is 12.5. The number of carboxylic acid groups (broad SMARTS) is 1. The fourth-order valence-electron chi connectivity index (χ4n) is 2.88. The highest BCUT2D eigenvalue weighted by Gasteiger charge is 2.24. The first-order valence-electron chi connectivity index (χ1n) is 9.33. The molecule has 2 rings (SSSR count). The average molecular weight is 448 g/mol. The number of halogens is 1. The molecule has 1 unspecified atom stereocenters. The molecule has 3 amide bonds. The number of carboxylic acids is 1. The molecule has 0 bridgehead atoms. The Morgan fingerprint density at radius 3 is 2.32 bits per heavy atom. The van der Waals surface area contributed by atoms with E-state index in [9.17, 15) is 24.3 Å². The second-order valence-corrected chi connectivity index (χ2v) is 7.17. The molecule has 0 heterocycles. The maximum Gasteiger partial charge on any atom is 0.326 e. The van der Waals surface area contributed by atoms with Crippen molar-refractivity contribution >= 4 is 35.3 Å². The molecule has 2 aromatic carbocycles.